The summed E-state index contributed by atoms with van der Waals surface area (Å²) in [6.45, 7) is 4.49. The number of hydrogen-bond donors (Lipinski definition) is 0. The van der Waals surface area contributed by atoms with E-state index >= 15 is 0 Å². The molecule has 1 unspecified atom stereocenters. The molecule has 0 N–H and O–H groups in total. The summed E-state index contributed by atoms with van der Waals surface area (Å²) in [4.78, 5) is 0. The molecular weight excluding hydrogens is 420 g/mol. The molecule has 0 amide bonds. The lowest BCUT2D eigenvalue weighted by Crippen LogP contribution is -1.95. The first-order valence-corrected chi connectivity index (χ1v) is 12.4. The highest BCUT2D eigenvalue weighted by Gasteiger charge is 2.16. The van der Waals surface area contributed by atoms with Crippen LogP contribution in [0.2, 0.25) is 0 Å². The second-order valence-electron chi connectivity index (χ2n) is 9.45. The van der Waals surface area contributed by atoms with E-state index in [0.717, 1.165) is 0 Å². The first-order chi connectivity index (χ1) is 17.2. The average Bonchev–Trinajstić information content (AvgIpc) is 2.90. The minimum atomic E-state index is 0.438. The van der Waals surface area contributed by atoms with Crippen molar-refractivity contribution in [2.75, 3.05) is 0 Å². The standard InChI is InChI=1S/C35H28/c1-24-11-3-4-12-26(24)20-19-25(2)34-30-15-7-9-17-32(30)35(33-18-10-8-16-31(33)34)29-22-21-27-13-5-6-14-28(27)23-29/h3-24H,1-2H3/b25-19+,26-20-. The molecule has 1 aliphatic carbocycles. The van der Waals surface area contributed by atoms with Crippen molar-refractivity contribution in [1.82, 2.24) is 0 Å². The van der Waals surface area contributed by atoms with Crippen molar-refractivity contribution >= 4 is 37.9 Å². The lowest BCUT2D eigenvalue weighted by atomic mass is 9.85. The van der Waals surface area contributed by atoms with Crippen LogP contribution in [0.15, 0.2) is 133 Å². The van der Waals surface area contributed by atoms with Gasteiger partial charge in [0, 0.05) is 0 Å². The van der Waals surface area contributed by atoms with Gasteiger partial charge >= 0.3 is 0 Å². The van der Waals surface area contributed by atoms with Gasteiger partial charge in [-0.2, -0.15) is 0 Å². The molecule has 1 aliphatic rings. The first kappa shape index (κ1) is 21.4. The van der Waals surface area contributed by atoms with Crippen LogP contribution in [0.1, 0.15) is 19.4 Å². The molecule has 0 saturated carbocycles. The molecule has 5 aromatic rings. The van der Waals surface area contributed by atoms with E-state index in [1.807, 2.05) is 0 Å². The predicted octanol–water partition coefficient (Wildman–Crippen LogP) is 9.90. The van der Waals surface area contributed by atoms with Crippen molar-refractivity contribution in [2.45, 2.75) is 13.8 Å². The molecule has 0 saturated heterocycles. The Hall–Kier alpha value is -4.16. The molecule has 0 aromatic heterocycles. The summed E-state index contributed by atoms with van der Waals surface area (Å²) in [6.07, 6.45) is 13.3. The van der Waals surface area contributed by atoms with Crippen LogP contribution < -0.4 is 0 Å². The third kappa shape index (κ3) is 3.82. The maximum absolute atomic E-state index is 2.33. The Kier molecular flexibility index (Phi) is 5.43. The molecule has 0 aliphatic heterocycles. The lowest BCUT2D eigenvalue weighted by Gasteiger charge is -2.18. The van der Waals surface area contributed by atoms with Crippen molar-refractivity contribution in [3.8, 4) is 11.1 Å². The van der Waals surface area contributed by atoms with E-state index in [-0.39, 0.29) is 0 Å². The molecule has 0 bridgehead atoms. The van der Waals surface area contributed by atoms with Crippen LogP contribution >= 0.6 is 0 Å². The van der Waals surface area contributed by atoms with Crippen LogP contribution in [0.5, 0.6) is 0 Å². The van der Waals surface area contributed by atoms with Crippen molar-refractivity contribution in [3.05, 3.63) is 139 Å². The Balaban J connectivity index is 1.63. The van der Waals surface area contributed by atoms with Gasteiger partial charge in [0.1, 0.15) is 0 Å². The van der Waals surface area contributed by atoms with Crippen LogP contribution in [0.4, 0.5) is 0 Å². The van der Waals surface area contributed by atoms with Gasteiger partial charge in [0.2, 0.25) is 0 Å². The molecule has 0 nitrogen and oxygen atoms in total. The molecule has 0 radical (unpaired) electrons. The van der Waals surface area contributed by atoms with Crippen molar-refractivity contribution in [3.63, 3.8) is 0 Å². The first-order valence-electron chi connectivity index (χ1n) is 12.4. The highest BCUT2D eigenvalue weighted by molar-refractivity contribution is 6.19. The zero-order valence-corrected chi connectivity index (χ0v) is 20.2. The van der Waals surface area contributed by atoms with E-state index in [0.29, 0.717) is 5.92 Å². The second-order valence-corrected chi connectivity index (χ2v) is 9.45. The largest absolute Gasteiger partial charge is 0.0773 e. The molecule has 0 fully saturated rings. The van der Waals surface area contributed by atoms with Crippen LogP contribution in [0.3, 0.4) is 0 Å². The van der Waals surface area contributed by atoms with E-state index in [9.17, 15) is 0 Å². The average molecular weight is 449 g/mol. The Morgan fingerprint density at radius 1 is 0.686 bits per heavy atom. The Bertz CT molecular complexity index is 1650. The van der Waals surface area contributed by atoms with Gasteiger partial charge in [-0.3, -0.25) is 0 Å². The maximum Gasteiger partial charge on any atom is -0.000732 e. The van der Waals surface area contributed by atoms with E-state index in [4.69, 9.17) is 0 Å². The van der Waals surface area contributed by atoms with Gasteiger partial charge in [0.05, 0.1) is 0 Å². The molecule has 35 heavy (non-hydrogen) atoms. The van der Waals surface area contributed by atoms with Crippen LogP contribution in [-0.4, -0.2) is 0 Å². The summed E-state index contributed by atoms with van der Waals surface area (Å²) in [5.74, 6) is 0.438. The molecule has 0 spiro atoms. The van der Waals surface area contributed by atoms with Gasteiger partial charge in [0.15, 0.2) is 0 Å². The minimum Gasteiger partial charge on any atom is -0.0773 e. The van der Waals surface area contributed by atoms with E-state index in [2.05, 4.69) is 141 Å². The number of allylic oxidation sites excluding steroid dienone is 8. The molecule has 0 heterocycles. The monoisotopic (exact) mass is 448 g/mol. The molecule has 6 rings (SSSR count). The quantitative estimate of drug-likeness (QED) is 0.241. The fraction of sp³-hybridized carbons (Fsp3) is 0.0857. The summed E-state index contributed by atoms with van der Waals surface area (Å²) in [6, 6.07) is 33.2. The van der Waals surface area contributed by atoms with Crippen LogP contribution in [0, 0.1) is 5.92 Å². The second kappa shape index (κ2) is 8.89. The Labute approximate surface area is 207 Å². The molecule has 168 valence electrons. The Morgan fingerprint density at radius 3 is 2.00 bits per heavy atom. The third-order valence-electron chi connectivity index (χ3n) is 7.22. The van der Waals surface area contributed by atoms with Crippen molar-refractivity contribution < 1.29 is 0 Å². The summed E-state index contributed by atoms with van der Waals surface area (Å²) in [7, 11) is 0. The normalized spacial score (nSPS) is 17.1. The third-order valence-corrected chi connectivity index (χ3v) is 7.22. The van der Waals surface area contributed by atoms with Crippen LogP contribution in [-0.2, 0) is 0 Å². The maximum atomic E-state index is 2.33. The smallest absolute Gasteiger partial charge is 0.000732 e. The van der Waals surface area contributed by atoms with Gasteiger partial charge in [-0.25, -0.2) is 0 Å². The van der Waals surface area contributed by atoms with E-state index < -0.39 is 0 Å². The molecular formula is C35H28. The minimum absolute atomic E-state index is 0.438. The molecule has 5 aromatic carbocycles. The fourth-order valence-electron chi connectivity index (χ4n) is 5.38. The molecule has 0 heteroatoms. The fourth-order valence-corrected chi connectivity index (χ4v) is 5.38. The van der Waals surface area contributed by atoms with Gasteiger partial charge < -0.3 is 0 Å². The zero-order valence-electron chi connectivity index (χ0n) is 20.2. The SMILES string of the molecule is C/C(=C\C=C1\C=CC=CC1C)c1c2ccccc2c(-c2ccc3ccccc3c2)c2ccccc12. The predicted molar refractivity (Wildman–Crippen MR) is 154 cm³/mol. The van der Waals surface area contributed by atoms with Gasteiger partial charge in [-0.15, -0.1) is 0 Å². The summed E-state index contributed by atoms with van der Waals surface area (Å²) >= 11 is 0. The lowest BCUT2D eigenvalue weighted by molar-refractivity contribution is 0.884. The highest BCUT2D eigenvalue weighted by atomic mass is 14.2. The number of fused-ring (bicyclic) bond motifs is 3. The summed E-state index contributed by atoms with van der Waals surface area (Å²) in [5.41, 5.74) is 6.52. The topological polar surface area (TPSA) is 0 Å². The van der Waals surface area contributed by atoms with Crippen molar-refractivity contribution in [1.29, 1.82) is 0 Å². The number of benzene rings is 5. The number of hydrogen-bond acceptors (Lipinski definition) is 0. The highest BCUT2D eigenvalue weighted by Crippen LogP contribution is 2.42. The van der Waals surface area contributed by atoms with E-state index in [1.165, 1.54) is 60.2 Å². The molecule has 1 atom stereocenters. The van der Waals surface area contributed by atoms with Gasteiger partial charge in [0.25, 0.3) is 0 Å². The summed E-state index contributed by atoms with van der Waals surface area (Å²) in [5, 5.41) is 7.74. The van der Waals surface area contributed by atoms with Gasteiger partial charge in [-0.05, 0) is 79.1 Å². The Morgan fingerprint density at radius 2 is 1.31 bits per heavy atom. The zero-order chi connectivity index (χ0) is 23.8. The summed E-state index contributed by atoms with van der Waals surface area (Å²) < 4.78 is 0. The number of rotatable bonds is 3. The van der Waals surface area contributed by atoms with Crippen LogP contribution in [0.25, 0.3) is 49.0 Å². The van der Waals surface area contributed by atoms with Crippen molar-refractivity contribution in [2.24, 2.45) is 5.92 Å². The van der Waals surface area contributed by atoms with Gasteiger partial charge in [-0.1, -0.05) is 128 Å². The van der Waals surface area contributed by atoms with E-state index in [1.54, 1.807) is 0 Å².